The van der Waals surface area contributed by atoms with Gasteiger partial charge in [-0.15, -0.1) is 12.4 Å². The Kier molecular flexibility index (Phi) is 9.09. The zero-order valence-electron chi connectivity index (χ0n) is 17.7. The Labute approximate surface area is 198 Å². The molecule has 2 aromatic rings. The molecule has 0 aromatic heterocycles. The zero-order valence-corrected chi connectivity index (χ0v) is 19.2. The molecule has 0 bridgehead atoms. The molecule has 0 spiro atoms. The minimum atomic E-state index is -0.569. The lowest BCUT2D eigenvalue weighted by Gasteiger charge is -2.43. The molecule has 1 aliphatic rings. The van der Waals surface area contributed by atoms with Crippen molar-refractivity contribution in [1.29, 1.82) is 0 Å². The van der Waals surface area contributed by atoms with Gasteiger partial charge in [0.1, 0.15) is 5.82 Å². The summed E-state index contributed by atoms with van der Waals surface area (Å²) in [5.74, 6) is -1.15. The Morgan fingerprint density at radius 3 is 2.50 bits per heavy atom. The summed E-state index contributed by atoms with van der Waals surface area (Å²) in [6, 6.07) is 11.9. The number of carbonyl (C=O) groups excluding carboxylic acids is 1. The lowest BCUT2D eigenvalue weighted by atomic mass is 9.97. The molecule has 1 heterocycles. The molecule has 1 aliphatic heterocycles. The van der Waals surface area contributed by atoms with Gasteiger partial charge in [0, 0.05) is 28.4 Å². The standard InChI is InChI=1S/C23H26ClFN4O2.ClH/c1-15-21(27)22(17-6-9-20(25)18(13-17)14-26)28(11-12-30)29(23(15)31)10-2-3-16-4-7-19(24)8-5-16;/h2-9,13,15,30H,10-12,14,26-27H2,1H3;1H. The zero-order chi connectivity index (χ0) is 22.5. The Morgan fingerprint density at radius 1 is 1.19 bits per heavy atom. The van der Waals surface area contributed by atoms with Crippen LogP contribution in [0.1, 0.15) is 23.6 Å². The van der Waals surface area contributed by atoms with E-state index in [4.69, 9.17) is 23.1 Å². The van der Waals surface area contributed by atoms with Crippen molar-refractivity contribution in [2.75, 3.05) is 19.7 Å². The average molecular weight is 481 g/mol. The van der Waals surface area contributed by atoms with Gasteiger partial charge in [-0.1, -0.05) is 35.9 Å². The van der Waals surface area contributed by atoms with Crippen LogP contribution in [0.15, 0.2) is 54.2 Å². The average Bonchev–Trinajstić information content (AvgIpc) is 2.77. The van der Waals surface area contributed by atoms with Crippen LogP contribution in [-0.4, -0.2) is 40.7 Å². The third-order valence-electron chi connectivity index (χ3n) is 5.22. The highest BCUT2D eigenvalue weighted by atomic mass is 35.5. The molecule has 1 atom stereocenters. The SMILES string of the molecule is CC1C(=O)N(CC=Cc2ccc(Cl)cc2)N(CCO)C(c2ccc(F)c(CN)c2)=C1N.Cl. The normalized spacial score (nSPS) is 16.7. The van der Waals surface area contributed by atoms with Crippen molar-refractivity contribution in [1.82, 2.24) is 10.0 Å². The number of nitrogens with two attached hydrogens (primary N) is 2. The summed E-state index contributed by atoms with van der Waals surface area (Å²) in [6.07, 6.45) is 3.74. The highest BCUT2D eigenvalue weighted by Gasteiger charge is 2.36. The summed E-state index contributed by atoms with van der Waals surface area (Å²) in [5.41, 5.74) is 14.9. The van der Waals surface area contributed by atoms with Gasteiger partial charge in [-0.05, 0) is 42.8 Å². The molecule has 6 nitrogen and oxygen atoms in total. The van der Waals surface area contributed by atoms with Crippen LogP contribution >= 0.6 is 24.0 Å². The number of hydrogen-bond donors (Lipinski definition) is 3. The molecule has 9 heteroatoms. The number of benzene rings is 2. The largest absolute Gasteiger partial charge is 0.400 e. The fraction of sp³-hybridized carbons (Fsp3) is 0.261. The van der Waals surface area contributed by atoms with Crippen molar-refractivity contribution >= 4 is 41.7 Å². The summed E-state index contributed by atoms with van der Waals surface area (Å²) >= 11 is 5.92. The topological polar surface area (TPSA) is 95.8 Å². The first kappa shape index (κ1) is 25.7. The predicted octanol–water partition coefficient (Wildman–Crippen LogP) is 3.39. The lowest BCUT2D eigenvalue weighted by Crippen LogP contribution is -2.53. The van der Waals surface area contributed by atoms with Crippen LogP contribution in [0, 0.1) is 11.7 Å². The molecule has 0 saturated heterocycles. The van der Waals surface area contributed by atoms with Gasteiger partial charge >= 0.3 is 0 Å². The minimum absolute atomic E-state index is 0. The third-order valence-corrected chi connectivity index (χ3v) is 5.48. The van der Waals surface area contributed by atoms with Gasteiger partial charge in [-0.2, -0.15) is 0 Å². The van der Waals surface area contributed by atoms with Crippen LogP contribution in [0.3, 0.4) is 0 Å². The quantitative estimate of drug-likeness (QED) is 0.564. The van der Waals surface area contributed by atoms with Gasteiger partial charge in [0.15, 0.2) is 0 Å². The molecule has 5 N–H and O–H groups in total. The van der Waals surface area contributed by atoms with E-state index in [1.54, 1.807) is 41.2 Å². The lowest BCUT2D eigenvalue weighted by molar-refractivity contribution is -0.147. The molecule has 1 unspecified atom stereocenters. The van der Waals surface area contributed by atoms with E-state index in [-0.39, 0.29) is 44.6 Å². The monoisotopic (exact) mass is 480 g/mol. The summed E-state index contributed by atoms with van der Waals surface area (Å²) in [6.45, 7) is 2.00. The highest BCUT2D eigenvalue weighted by molar-refractivity contribution is 6.30. The van der Waals surface area contributed by atoms with Gasteiger partial charge in [0.2, 0.25) is 5.91 Å². The molecular formula is C23H27Cl2FN4O2. The maximum Gasteiger partial charge on any atom is 0.250 e. The number of carbonyl (C=O) groups is 1. The van der Waals surface area contributed by atoms with E-state index in [0.717, 1.165) is 5.56 Å². The molecule has 32 heavy (non-hydrogen) atoms. The Bertz CT molecular complexity index is 1010. The van der Waals surface area contributed by atoms with Crippen molar-refractivity contribution in [3.63, 3.8) is 0 Å². The number of β-amino-alcohol motifs (C(OH)–C–C–N with tert-alkyl or cyclic N) is 1. The summed E-state index contributed by atoms with van der Waals surface area (Å²) in [5, 5.41) is 13.5. The Morgan fingerprint density at radius 2 is 1.88 bits per heavy atom. The van der Waals surface area contributed by atoms with Crippen LogP contribution in [0.25, 0.3) is 11.8 Å². The van der Waals surface area contributed by atoms with E-state index >= 15 is 0 Å². The molecule has 3 rings (SSSR count). The molecule has 0 aliphatic carbocycles. The van der Waals surface area contributed by atoms with Crippen LogP contribution < -0.4 is 11.5 Å². The first-order chi connectivity index (χ1) is 14.9. The fourth-order valence-corrected chi connectivity index (χ4v) is 3.65. The van der Waals surface area contributed by atoms with Gasteiger partial charge < -0.3 is 16.6 Å². The van der Waals surface area contributed by atoms with Crippen molar-refractivity contribution in [2.45, 2.75) is 13.5 Å². The van der Waals surface area contributed by atoms with Crippen LogP contribution in [0.5, 0.6) is 0 Å². The van der Waals surface area contributed by atoms with E-state index in [0.29, 0.717) is 27.5 Å². The Balaban J connectivity index is 0.00000363. The summed E-state index contributed by atoms with van der Waals surface area (Å²) < 4.78 is 14.0. The second kappa shape index (κ2) is 11.3. The maximum atomic E-state index is 14.0. The number of halogens is 3. The predicted molar refractivity (Wildman–Crippen MR) is 128 cm³/mol. The minimum Gasteiger partial charge on any atom is -0.400 e. The number of nitrogens with zero attached hydrogens (tertiary/aromatic N) is 2. The second-order valence-corrected chi connectivity index (χ2v) is 7.69. The highest BCUT2D eigenvalue weighted by Crippen LogP contribution is 2.33. The van der Waals surface area contributed by atoms with E-state index in [2.05, 4.69) is 0 Å². The summed E-state index contributed by atoms with van der Waals surface area (Å²) in [4.78, 5) is 13.0. The molecular weight excluding hydrogens is 454 g/mol. The first-order valence-electron chi connectivity index (χ1n) is 9.97. The number of aliphatic hydroxyl groups is 1. The van der Waals surface area contributed by atoms with E-state index < -0.39 is 11.7 Å². The maximum absolute atomic E-state index is 14.0. The second-order valence-electron chi connectivity index (χ2n) is 7.26. The van der Waals surface area contributed by atoms with E-state index in [9.17, 15) is 14.3 Å². The number of aliphatic hydroxyl groups excluding tert-OH is 1. The van der Waals surface area contributed by atoms with Crippen molar-refractivity contribution in [2.24, 2.45) is 17.4 Å². The van der Waals surface area contributed by atoms with Crippen molar-refractivity contribution in [3.8, 4) is 0 Å². The number of amides is 1. The molecule has 0 fully saturated rings. The van der Waals surface area contributed by atoms with Crippen molar-refractivity contribution in [3.05, 3.63) is 81.8 Å². The van der Waals surface area contributed by atoms with Gasteiger partial charge in [-0.3, -0.25) is 9.80 Å². The number of hydrazine groups is 1. The third kappa shape index (κ3) is 5.42. The first-order valence-corrected chi connectivity index (χ1v) is 10.4. The number of rotatable bonds is 7. The smallest absolute Gasteiger partial charge is 0.250 e. The van der Waals surface area contributed by atoms with Crippen LogP contribution in [0.2, 0.25) is 5.02 Å². The van der Waals surface area contributed by atoms with Crippen LogP contribution in [0.4, 0.5) is 4.39 Å². The molecule has 1 amide bonds. The van der Waals surface area contributed by atoms with Crippen molar-refractivity contribution < 1.29 is 14.3 Å². The molecule has 0 saturated carbocycles. The van der Waals surface area contributed by atoms with Gasteiger partial charge in [0.05, 0.1) is 31.3 Å². The summed E-state index contributed by atoms with van der Waals surface area (Å²) in [7, 11) is 0. The molecule has 172 valence electrons. The Hall–Kier alpha value is -2.58. The van der Waals surface area contributed by atoms with E-state index in [1.165, 1.54) is 6.07 Å². The molecule has 2 aromatic carbocycles. The molecule has 0 radical (unpaired) electrons. The van der Waals surface area contributed by atoms with E-state index in [1.807, 2.05) is 24.3 Å². The fourth-order valence-electron chi connectivity index (χ4n) is 3.52. The van der Waals surface area contributed by atoms with Gasteiger partial charge in [0.25, 0.3) is 0 Å². The number of hydrogen-bond acceptors (Lipinski definition) is 5. The van der Waals surface area contributed by atoms with Crippen LogP contribution in [-0.2, 0) is 11.3 Å². The van der Waals surface area contributed by atoms with Gasteiger partial charge in [-0.25, -0.2) is 9.40 Å².